The van der Waals surface area contributed by atoms with Crippen LogP contribution < -0.4 is 15.0 Å². The van der Waals surface area contributed by atoms with E-state index in [1.807, 2.05) is 0 Å². The third-order valence-electron chi connectivity index (χ3n) is 2.68. The van der Waals surface area contributed by atoms with Crippen LogP contribution in [0, 0.1) is 0 Å². The molecule has 3 amide bonds. The predicted octanol–water partition coefficient (Wildman–Crippen LogP) is 1.66. The van der Waals surface area contributed by atoms with Gasteiger partial charge in [-0.15, -0.1) is 13.2 Å². The number of halogens is 3. The van der Waals surface area contributed by atoms with Crippen molar-refractivity contribution < 1.29 is 32.2 Å². The molecule has 2 rings (SSSR count). The van der Waals surface area contributed by atoms with Gasteiger partial charge in [0.2, 0.25) is 0 Å². The molecule has 1 aromatic carbocycles. The van der Waals surface area contributed by atoms with Crippen molar-refractivity contribution in [1.29, 1.82) is 0 Å². The van der Waals surface area contributed by atoms with Crippen molar-refractivity contribution in [3.63, 3.8) is 0 Å². The largest absolute Gasteiger partial charge is 0.573 e. The first-order valence-electron chi connectivity index (χ1n) is 5.81. The molecule has 6 nitrogen and oxygen atoms in total. The highest BCUT2D eigenvalue weighted by atomic mass is 19.4. The molecule has 1 heterocycles. The van der Waals surface area contributed by atoms with E-state index in [-0.39, 0.29) is 12.3 Å². The minimum Gasteiger partial charge on any atom is -0.406 e. The van der Waals surface area contributed by atoms with Gasteiger partial charge in [-0.25, -0.2) is 9.69 Å². The summed E-state index contributed by atoms with van der Waals surface area (Å²) < 4.78 is 44.6. The Hall–Kier alpha value is -2.29. The zero-order valence-corrected chi connectivity index (χ0v) is 10.8. The van der Waals surface area contributed by atoms with Gasteiger partial charge >= 0.3 is 12.4 Å². The number of ether oxygens (including phenoxy) is 2. The lowest BCUT2D eigenvalue weighted by Crippen LogP contribution is -2.34. The maximum Gasteiger partial charge on any atom is 0.573 e. The lowest BCUT2D eigenvalue weighted by Gasteiger charge is -2.14. The monoisotopic (exact) mass is 304 g/mol. The van der Waals surface area contributed by atoms with Crippen molar-refractivity contribution in [2.75, 3.05) is 18.6 Å². The smallest absolute Gasteiger partial charge is 0.406 e. The summed E-state index contributed by atoms with van der Waals surface area (Å²) in [6.07, 6.45) is -4.80. The van der Waals surface area contributed by atoms with E-state index in [2.05, 4.69) is 10.1 Å². The van der Waals surface area contributed by atoms with E-state index in [0.29, 0.717) is 0 Å². The number of hydrogen-bond donors (Lipinski definition) is 1. The fourth-order valence-corrected chi connectivity index (χ4v) is 1.85. The molecule has 21 heavy (non-hydrogen) atoms. The van der Waals surface area contributed by atoms with Crippen molar-refractivity contribution in [2.24, 2.45) is 0 Å². The lowest BCUT2D eigenvalue weighted by atomic mass is 10.2. The molecule has 1 atom stereocenters. The second-order valence-electron chi connectivity index (χ2n) is 4.17. The molecule has 1 fully saturated rings. The van der Waals surface area contributed by atoms with Gasteiger partial charge in [0, 0.05) is 7.11 Å². The first-order valence-corrected chi connectivity index (χ1v) is 5.81. The highest BCUT2D eigenvalue weighted by molar-refractivity contribution is 6.21. The van der Waals surface area contributed by atoms with Crippen molar-refractivity contribution in [3.05, 3.63) is 24.3 Å². The normalized spacial score (nSPS) is 18.9. The number of methoxy groups -OCH3 is 1. The summed E-state index contributed by atoms with van der Waals surface area (Å²) in [6, 6.07) is 2.95. The van der Waals surface area contributed by atoms with Crippen molar-refractivity contribution >= 4 is 17.6 Å². The summed E-state index contributed by atoms with van der Waals surface area (Å²) >= 11 is 0. The molecule has 0 bridgehead atoms. The lowest BCUT2D eigenvalue weighted by molar-refractivity contribution is -0.274. The predicted molar refractivity (Wildman–Crippen MR) is 64.8 cm³/mol. The number of benzene rings is 1. The minimum absolute atomic E-state index is 0.0103. The van der Waals surface area contributed by atoms with Crippen LogP contribution >= 0.6 is 0 Å². The third-order valence-corrected chi connectivity index (χ3v) is 2.68. The molecule has 9 heteroatoms. The van der Waals surface area contributed by atoms with Gasteiger partial charge in [0.25, 0.3) is 5.91 Å². The SMILES string of the molecule is COCC1NC(=O)N(c2ccc(OC(F)(F)F)cc2)C1=O. The van der Waals surface area contributed by atoms with E-state index >= 15 is 0 Å². The number of carbonyl (C=O) groups is 2. The number of nitrogens with one attached hydrogen (secondary N) is 1. The van der Waals surface area contributed by atoms with Crippen LogP contribution in [0.1, 0.15) is 0 Å². The first-order chi connectivity index (χ1) is 9.81. The molecule has 1 aliphatic rings. The Bertz CT molecular complexity index is 544. The van der Waals surface area contributed by atoms with Crippen LogP contribution in [0.25, 0.3) is 0 Å². The van der Waals surface area contributed by atoms with Crippen molar-refractivity contribution in [2.45, 2.75) is 12.4 Å². The molecule has 0 saturated carbocycles. The van der Waals surface area contributed by atoms with Gasteiger partial charge in [-0.05, 0) is 24.3 Å². The van der Waals surface area contributed by atoms with Crippen LogP contribution in [0.4, 0.5) is 23.7 Å². The number of anilines is 1. The number of rotatable bonds is 4. The Labute approximate surface area is 117 Å². The Morgan fingerprint density at radius 3 is 2.38 bits per heavy atom. The maximum atomic E-state index is 12.0. The average Bonchev–Trinajstić information content (AvgIpc) is 2.65. The standard InChI is InChI=1S/C12H11F3N2O4/c1-20-6-9-10(18)17(11(19)16-9)7-2-4-8(5-3-7)21-12(13,14)15/h2-5,9H,6H2,1H3,(H,16,19). The van der Waals surface area contributed by atoms with E-state index in [9.17, 15) is 22.8 Å². The second kappa shape index (κ2) is 5.60. The van der Waals surface area contributed by atoms with E-state index in [4.69, 9.17) is 4.74 Å². The van der Waals surface area contributed by atoms with Crippen LogP contribution in [0.5, 0.6) is 5.75 Å². The van der Waals surface area contributed by atoms with Crippen molar-refractivity contribution in [3.8, 4) is 5.75 Å². The molecule has 1 unspecified atom stereocenters. The Kier molecular flexibility index (Phi) is 4.03. The second-order valence-corrected chi connectivity index (χ2v) is 4.17. The van der Waals surface area contributed by atoms with Crippen LogP contribution in [-0.4, -0.2) is 38.1 Å². The summed E-state index contributed by atoms with van der Waals surface area (Å²) in [5.74, 6) is -0.974. The summed E-state index contributed by atoms with van der Waals surface area (Å²) in [7, 11) is 1.38. The third kappa shape index (κ3) is 3.43. The molecule has 0 aliphatic carbocycles. The number of alkyl halides is 3. The molecule has 0 radical (unpaired) electrons. The topological polar surface area (TPSA) is 67.9 Å². The fourth-order valence-electron chi connectivity index (χ4n) is 1.85. The van der Waals surface area contributed by atoms with E-state index in [1.54, 1.807) is 0 Å². The van der Waals surface area contributed by atoms with E-state index in [0.717, 1.165) is 17.0 Å². The highest BCUT2D eigenvalue weighted by Crippen LogP contribution is 2.26. The van der Waals surface area contributed by atoms with Gasteiger partial charge in [-0.3, -0.25) is 4.79 Å². The van der Waals surface area contributed by atoms with E-state index in [1.165, 1.54) is 19.2 Å². The van der Waals surface area contributed by atoms with Gasteiger partial charge in [0.05, 0.1) is 12.3 Å². The van der Waals surface area contributed by atoms with Crippen LogP contribution in [-0.2, 0) is 9.53 Å². The van der Waals surface area contributed by atoms with Gasteiger partial charge in [-0.2, -0.15) is 0 Å². The molecule has 0 aromatic heterocycles. The van der Waals surface area contributed by atoms with Gasteiger partial charge < -0.3 is 14.8 Å². The van der Waals surface area contributed by atoms with Gasteiger partial charge in [0.1, 0.15) is 11.8 Å². The number of urea groups is 1. The van der Waals surface area contributed by atoms with Crippen molar-refractivity contribution in [1.82, 2.24) is 5.32 Å². The van der Waals surface area contributed by atoms with Crippen LogP contribution in [0.2, 0.25) is 0 Å². The molecule has 114 valence electrons. The first kappa shape index (κ1) is 15.1. The molecule has 1 saturated heterocycles. The quantitative estimate of drug-likeness (QED) is 0.859. The summed E-state index contributed by atoms with van der Waals surface area (Å²) in [5, 5.41) is 2.41. The Morgan fingerprint density at radius 2 is 1.86 bits per heavy atom. The fraction of sp³-hybridized carbons (Fsp3) is 0.333. The number of hydrogen-bond acceptors (Lipinski definition) is 4. The summed E-state index contributed by atoms with van der Waals surface area (Å²) in [6.45, 7) is 0.0103. The minimum atomic E-state index is -4.80. The number of carbonyl (C=O) groups excluding carboxylic acids is 2. The van der Waals surface area contributed by atoms with Crippen LogP contribution in [0.15, 0.2) is 24.3 Å². The maximum absolute atomic E-state index is 12.0. The Morgan fingerprint density at radius 1 is 1.24 bits per heavy atom. The molecule has 1 aliphatic heterocycles. The van der Waals surface area contributed by atoms with Gasteiger partial charge in [-0.1, -0.05) is 0 Å². The Balaban J connectivity index is 2.15. The average molecular weight is 304 g/mol. The molecule has 1 aromatic rings. The zero-order chi connectivity index (χ0) is 15.6. The van der Waals surface area contributed by atoms with Gasteiger partial charge in [0.15, 0.2) is 0 Å². The molecular weight excluding hydrogens is 293 g/mol. The van der Waals surface area contributed by atoms with E-state index < -0.39 is 30.1 Å². The van der Waals surface area contributed by atoms with Crippen LogP contribution in [0.3, 0.4) is 0 Å². The molecule has 0 spiro atoms. The number of nitrogens with zero attached hydrogens (tertiary/aromatic N) is 1. The number of amides is 3. The summed E-state index contributed by atoms with van der Waals surface area (Å²) in [4.78, 5) is 24.5. The summed E-state index contributed by atoms with van der Waals surface area (Å²) in [5.41, 5.74) is 0.144. The highest BCUT2D eigenvalue weighted by Gasteiger charge is 2.39. The number of imide groups is 1. The molecule has 1 N–H and O–H groups in total. The molecular formula is C12H11F3N2O4. The zero-order valence-electron chi connectivity index (χ0n) is 10.8.